The van der Waals surface area contributed by atoms with E-state index in [1.165, 1.54) is 12.8 Å². The molecule has 1 fully saturated rings. The second kappa shape index (κ2) is 7.42. The van der Waals surface area contributed by atoms with Gasteiger partial charge in [-0.25, -0.2) is 0 Å². The molecule has 1 aromatic rings. The van der Waals surface area contributed by atoms with Crippen LogP contribution in [-0.2, 0) is 4.74 Å². The van der Waals surface area contributed by atoms with Crippen LogP contribution < -0.4 is 0 Å². The van der Waals surface area contributed by atoms with Crippen LogP contribution in [0.15, 0.2) is 30.3 Å². The molecular formula is C17H24N2O. The molecule has 0 amide bonds. The lowest BCUT2D eigenvalue weighted by Crippen LogP contribution is -2.39. The molecule has 0 aromatic heterocycles. The molecule has 3 nitrogen and oxygen atoms in total. The van der Waals surface area contributed by atoms with E-state index in [2.05, 4.69) is 17.9 Å². The molecule has 0 saturated heterocycles. The normalized spacial score (nSPS) is 17.7. The Hall–Kier alpha value is -1.37. The molecule has 1 aromatic carbocycles. The highest BCUT2D eigenvalue weighted by atomic mass is 16.5. The predicted octanol–water partition coefficient (Wildman–Crippen LogP) is 3.04. The van der Waals surface area contributed by atoms with Crippen LogP contribution in [0.2, 0.25) is 0 Å². The number of benzene rings is 1. The van der Waals surface area contributed by atoms with Gasteiger partial charge < -0.3 is 4.74 Å². The van der Waals surface area contributed by atoms with E-state index >= 15 is 0 Å². The molecule has 3 heteroatoms. The Balaban J connectivity index is 2.02. The van der Waals surface area contributed by atoms with Crippen LogP contribution in [0.5, 0.6) is 0 Å². The van der Waals surface area contributed by atoms with E-state index in [0.29, 0.717) is 6.04 Å². The third kappa shape index (κ3) is 4.06. The Kier molecular flexibility index (Phi) is 5.58. The fraction of sp³-hybridized carbons (Fsp3) is 0.588. The molecule has 2 unspecified atom stereocenters. The quantitative estimate of drug-likeness (QED) is 0.730. The molecule has 0 heterocycles. The minimum atomic E-state index is -0.0609. The first kappa shape index (κ1) is 15.0. The van der Waals surface area contributed by atoms with Gasteiger partial charge in [-0.1, -0.05) is 30.3 Å². The summed E-state index contributed by atoms with van der Waals surface area (Å²) in [5.41, 5.74) is 1.11. The maximum atomic E-state index is 9.48. The van der Waals surface area contributed by atoms with E-state index in [0.717, 1.165) is 31.2 Å². The molecule has 2 rings (SSSR count). The third-order valence-corrected chi connectivity index (χ3v) is 4.24. The van der Waals surface area contributed by atoms with Crippen molar-refractivity contribution in [3.63, 3.8) is 0 Å². The van der Waals surface area contributed by atoms with Crippen LogP contribution in [0, 0.1) is 17.2 Å². The van der Waals surface area contributed by atoms with Gasteiger partial charge in [-0.2, -0.15) is 5.26 Å². The van der Waals surface area contributed by atoms with Gasteiger partial charge in [0.25, 0.3) is 0 Å². The SMILES string of the molecule is COCCN(CC(C#N)c1ccccc1)C(C)C1CC1. The summed E-state index contributed by atoms with van der Waals surface area (Å²) in [6.45, 7) is 4.71. The van der Waals surface area contributed by atoms with E-state index in [-0.39, 0.29) is 5.92 Å². The van der Waals surface area contributed by atoms with Gasteiger partial charge in [0.2, 0.25) is 0 Å². The number of ether oxygens (including phenoxy) is 1. The minimum absolute atomic E-state index is 0.0609. The van der Waals surface area contributed by atoms with Gasteiger partial charge in [-0.3, -0.25) is 4.90 Å². The summed E-state index contributed by atoms with van der Waals surface area (Å²) in [6.07, 6.45) is 2.65. The number of nitrogens with zero attached hydrogens (tertiary/aromatic N) is 2. The summed E-state index contributed by atoms with van der Waals surface area (Å²) in [5.74, 6) is 0.747. The fourth-order valence-corrected chi connectivity index (χ4v) is 2.69. The lowest BCUT2D eigenvalue weighted by Gasteiger charge is -2.30. The first-order valence-electron chi connectivity index (χ1n) is 7.43. The van der Waals surface area contributed by atoms with Crippen LogP contribution in [0.3, 0.4) is 0 Å². The summed E-state index contributed by atoms with van der Waals surface area (Å²) >= 11 is 0. The fourth-order valence-electron chi connectivity index (χ4n) is 2.69. The summed E-state index contributed by atoms with van der Waals surface area (Å²) < 4.78 is 5.22. The van der Waals surface area contributed by atoms with Gasteiger partial charge in [-0.15, -0.1) is 0 Å². The molecule has 0 spiro atoms. The molecule has 1 aliphatic carbocycles. The van der Waals surface area contributed by atoms with Crippen molar-refractivity contribution in [1.82, 2.24) is 4.90 Å². The molecular weight excluding hydrogens is 248 g/mol. The summed E-state index contributed by atoms with van der Waals surface area (Å²) in [7, 11) is 1.74. The van der Waals surface area contributed by atoms with Crippen molar-refractivity contribution >= 4 is 0 Å². The largest absolute Gasteiger partial charge is 0.383 e. The first-order chi connectivity index (χ1) is 9.76. The zero-order valence-electron chi connectivity index (χ0n) is 12.5. The Labute approximate surface area is 122 Å². The van der Waals surface area contributed by atoms with Crippen molar-refractivity contribution in [2.75, 3.05) is 26.8 Å². The third-order valence-electron chi connectivity index (χ3n) is 4.24. The van der Waals surface area contributed by atoms with Crippen LogP contribution >= 0.6 is 0 Å². The molecule has 1 saturated carbocycles. The summed E-state index contributed by atoms with van der Waals surface area (Å²) in [5, 5.41) is 9.48. The number of rotatable bonds is 8. The topological polar surface area (TPSA) is 36.3 Å². The van der Waals surface area contributed by atoms with Crippen LogP contribution in [0.25, 0.3) is 0 Å². The van der Waals surface area contributed by atoms with Crippen LogP contribution in [-0.4, -0.2) is 37.7 Å². The lowest BCUT2D eigenvalue weighted by atomic mass is 9.99. The monoisotopic (exact) mass is 272 g/mol. The molecule has 0 N–H and O–H groups in total. The van der Waals surface area contributed by atoms with Gasteiger partial charge in [0.15, 0.2) is 0 Å². The second-order valence-electron chi connectivity index (χ2n) is 5.66. The molecule has 0 radical (unpaired) electrons. The smallest absolute Gasteiger partial charge is 0.0839 e. The zero-order valence-corrected chi connectivity index (χ0v) is 12.5. The highest BCUT2D eigenvalue weighted by Crippen LogP contribution is 2.35. The van der Waals surface area contributed by atoms with Gasteiger partial charge >= 0.3 is 0 Å². The molecule has 0 aliphatic heterocycles. The highest BCUT2D eigenvalue weighted by molar-refractivity contribution is 5.25. The van der Waals surface area contributed by atoms with Crippen molar-refractivity contribution in [1.29, 1.82) is 5.26 Å². The zero-order chi connectivity index (χ0) is 14.4. The second-order valence-corrected chi connectivity index (χ2v) is 5.66. The van der Waals surface area contributed by atoms with E-state index in [1.807, 2.05) is 30.3 Å². The van der Waals surface area contributed by atoms with Crippen molar-refractivity contribution in [2.24, 2.45) is 5.92 Å². The summed E-state index contributed by atoms with van der Waals surface area (Å²) in [4.78, 5) is 2.42. The van der Waals surface area contributed by atoms with E-state index in [9.17, 15) is 5.26 Å². The molecule has 2 atom stereocenters. The van der Waals surface area contributed by atoms with Crippen molar-refractivity contribution in [3.05, 3.63) is 35.9 Å². The van der Waals surface area contributed by atoms with Crippen LogP contribution in [0.1, 0.15) is 31.2 Å². The van der Waals surface area contributed by atoms with Gasteiger partial charge in [0.05, 0.1) is 18.6 Å². The molecule has 108 valence electrons. The molecule has 20 heavy (non-hydrogen) atoms. The average Bonchev–Trinajstić information content (AvgIpc) is 3.32. The van der Waals surface area contributed by atoms with Gasteiger partial charge in [-0.05, 0) is 31.2 Å². The Morgan fingerprint density at radius 1 is 1.35 bits per heavy atom. The highest BCUT2D eigenvalue weighted by Gasteiger charge is 2.32. The average molecular weight is 272 g/mol. The Bertz CT molecular complexity index is 436. The Morgan fingerprint density at radius 3 is 2.60 bits per heavy atom. The standard InChI is InChI=1S/C17H24N2O/c1-14(15-8-9-15)19(10-11-20-2)13-17(12-18)16-6-4-3-5-7-16/h3-7,14-15,17H,8-11,13H2,1-2H3. The molecule has 1 aliphatic rings. The summed E-state index contributed by atoms with van der Waals surface area (Å²) in [6, 6.07) is 13.1. The van der Waals surface area contributed by atoms with Crippen molar-refractivity contribution in [3.8, 4) is 6.07 Å². The maximum absolute atomic E-state index is 9.48. The predicted molar refractivity (Wildman–Crippen MR) is 80.4 cm³/mol. The van der Waals surface area contributed by atoms with E-state index in [1.54, 1.807) is 7.11 Å². The van der Waals surface area contributed by atoms with Gasteiger partial charge in [0, 0.05) is 26.2 Å². The number of nitriles is 1. The lowest BCUT2D eigenvalue weighted by molar-refractivity contribution is 0.115. The first-order valence-corrected chi connectivity index (χ1v) is 7.43. The number of hydrogen-bond acceptors (Lipinski definition) is 3. The van der Waals surface area contributed by atoms with Crippen molar-refractivity contribution < 1.29 is 4.74 Å². The minimum Gasteiger partial charge on any atom is -0.383 e. The van der Waals surface area contributed by atoms with E-state index < -0.39 is 0 Å². The van der Waals surface area contributed by atoms with E-state index in [4.69, 9.17) is 4.74 Å². The molecule has 0 bridgehead atoms. The van der Waals surface area contributed by atoms with Crippen LogP contribution in [0.4, 0.5) is 0 Å². The Morgan fingerprint density at radius 2 is 2.05 bits per heavy atom. The maximum Gasteiger partial charge on any atom is 0.0839 e. The van der Waals surface area contributed by atoms with Gasteiger partial charge in [0.1, 0.15) is 0 Å². The number of hydrogen-bond donors (Lipinski definition) is 0. The van der Waals surface area contributed by atoms with Crippen molar-refractivity contribution in [2.45, 2.75) is 31.7 Å². The number of methoxy groups -OCH3 is 1.